The molecule has 0 saturated carbocycles. The van der Waals surface area contributed by atoms with Gasteiger partial charge in [-0.25, -0.2) is 0 Å². The molecule has 228 valence electrons. The average Bonchev–Trinajstić information content (AvgIpc) is 3.67. The number of ketones is 1. The number of thiophene rings is 1. The third-order valence-electron chi connectivity index (χ3n) is 8.01. The molecule has 3 aromatic carbocycles. The van der Waals surface area contributed by atoms with Crippen LogP contribution in [0.5, 0.6) is 5.75 Å². The maximum absolute atomic E-state index is 14.5. The van der Waals surface area contributed by atoms with Crippen LogP contribution >= 0.6 is 22.9 Å². The quantitative estimate of drug-likeness (QED) is 0.193. The van der Waals surface area contributed by atoms with Crippen molar-refractivity contribution in [1.82, 2.24) is 10.2 Å². The van der Waals surface area contributed by atoms with Crippen LogP contribution in [0.15, 0.2) is 96.4 Å². The Kier molecular flexibility index (Phi) is 9.56. The smallest absolute Gasteiger partial charge is 0.243 e. The van der Waals surface area contributed by atoms with Gasteiger partial charge in [0.15, 0.2) is 5.78 Å². The summed E-state index contributed by atoms with van der Waals surface area (Å²) < 4.78 is 5.51. The van der Waals surface area contributed by atoms with E-state index in [0.717, 1.165) is 16.7 Å². The Morgan fingerprint density at radius 1 is 0.886 bits per heavy atom. The molecule has 1 aliphatic heterocycles. The number of hydrogen-bond donors (Lipinski definition) is 1. The van der Waals surface area contributed by atoms with Gasteiger partial charge in [-0.3, -0.25) is 14.4 Å². The zero-order chi connectivity index (χ0) is 31.4. The number of para-hydroxylation sites is 1. The first-order valence-corrected chi connectivity index (χ1v) is 15.9. The lowest BCUT2D eigenvalue weighted by molar-refractivity contribution is -0.142. The van der Waals surface area contributed by atoms with Crippen molar-refractivity contribution in [3.8, 4) is 5.75 Å². The summed E-state index contributed by atoms with van der Waals surface area (Å²) >= 11 is 7.67. The first-order chi connectivity index (χ1) is 21.1. The first-order valence-electron chi connectivity index (χ1n) is 14.7. The highest BCUT2D eigenvalue weighted by atomic mass is 35.5. The van der Waals surface area contributed by atoms with E-state index in [4.69, 9.17) is 16.3 Å². The number of nitrogens with one attached hydrogen (secondary N) is 1. The molecule has 0 radical (unpaired) electrons. The summed E-state index contributed by atoms with van der Waals surface area (Å²) in [6.07, 6.45) is 0.208. The number of amides is 2. The van der Waals surface area contributed by atoms with Gasteiger partial charge in [0.05, 0.1) is 23.9 Å². The van der Waals surface area contributed by atoms with Gasteiger partial charge in [0.2, 0.25) is 11.8 Å². The van der Waals surface area contributed by atoms with Gasteiger partial charge in [0.1, 0.15) is 11.8 Å². The van der Waals surface area contributed by atoms with Gasteiger partial charge < -0.3 is 15.0 Å². The SMILES string of the molecule is COc1ccccc1CNC(=O)C1C(c2ccc(Cl)cc2)C(C(=O)c2cccs2)C(c2ccccc2)N1C(=O)CC(C)(C)C. The fraction of sp³-hybridized carbons (Fsp3) is 0.306. The number of benzene rings is 3. The molecule has 8 heteroatoms. The van der Waals surface area contributed by atoms with Crippen molar-refractivity contribution in [2.24, 2.45) is 11.3 Å². The molecule has 4 atom stereocenters. The number of hydrogen-bond acceptors (Lipinski definition) is 5. The Morgan fingerprint density at radius 3 is 2.20 bits per heavy atom. The molecule has 44 heavy (non-hydrogen) atoms. The molecule has 0 spiro atoms. The molecular weight excluding hydrogens is 592 g/mol. The van der Waals surface area contributed by atoms with Crippen LogP contribution in [0.3, 0.4) is 0 Å². The zero-order valence-corrected chi connectivity index (χ0v) is 26.9. The third kappa shape index (κ3) is 6.74. The number of rotatable bonds is 9. The predicted molar refractivity (Wildman–Crippen MR) is 175 cm³/mol. The van der Waals surface area contributed by atoms with Crippen molar-refractivity contribution in [3.05, 3.63) is 123 Å². The van der Waals surface area contributed by atoms with Crippen LogP contribution in [0.4, 0.5) is 0 Å². The van der Waals surface area contributed by atoms with E-state index >= 15 is 0 Å². The van der Waals surface area contributed by atoms with E-state index in [1.165, 1.54) is 11.3 Å². The number of ether oxygens (including phenoxy) is 1. The fourth-order valence-corrected chi connectivity index (χ4v) is 7.01. The summed E-state index contributed by atoms with van der Waals surface area (Å²) in [5.74, 6) is -1.30. The van der Waals surface area contributed by atoms with Crippen LogP contribution in [0.1, 0.15) is 65.5 Å². The van der Waals surface area contributed by atoms with Crippen molar-refractivity contribution in [1.29, 1.82) is 0 Å². The minimum atomic E-state index is -0.958. The van der Waals surface area contributed by atoms with Gasteiger partial charge >= 0.3 is 0 Å². The maximum Gasteiger partial charge on any atom is 0.243 e. The lowest BCUT2D eigenvalue weighted by Gasteiger charge is -2.33. The van der Waals surface area contributed by atoms with E-state index in [1.54, 1.807) is 24.1 Å². The summed E-state index contributed by atoms with van der Waals surface area (Å²) in [6.45, 7) is 6.20. The highest BCUT2D eigenvalue weighted by Crippen LogP contribution is 2.52. The second-order valence-corrected chi connectivity index (χ2v) is 13.7. The molecule has 1 aliphatic rings. The Balaban J connectivity index is 1.69. The van der Waals surface area contributed by atoms with Crippen molar-refractivity contribution < 1.29 is 19.1 Å². The third-order valence-corrected chi connectivity index (χ3v) is 9.15. The molecule has 0 bridgehead atoms. The second kappa shape index (κ2) is 13.4. The van der Waals surface area contributed by atoms with Crippen molar-refractivity contribution >= 4 is 40.5 Å². The van der Waals surface area contributed by atoms with Crippen molar-refractivity contribution in [3.63, 3.8) is 0 Å². The van der Waals surface area contributed by atoms with E-state index in [1.807, 2.05) is 105 Å². The molecule has 4 unspecified atom stereocenters. The lowest BCUT2D eigenvalue weighted by Crippen LogP contribution is -2.49. The number of Topliss-reactive ketones (excluding diaryl/α,β-unsaturated/α-hetero) is 1. The van der Waals surface area contributed by atoms with Crippen molar-refractivity contribution in [2.75, 3.05) is 7.11 Å². The predicted octanol–water partition coefficient (Wildman–Crippen LogP) is 7.70. The van der Waals surface area contributed by atoms with E-state index < -0.39 is 23.9 Å². The van der Waals surface area contributed by atoms with Crippen LogP contribution in [0, 0.1) is 11.3 Å². The number of methoxy groups -OCH3 is 1. The summed E-state index contributed by atoms with van der Waals surface area (Å²) in [6, 6.07) is 26.4. The van der Waals surface area contributed by atoms with Crippen molar-refractivity contribution in [2.45, 2.75) is 51.7 Å². The topological polar surface area (TPSA) is 75.7 Å². The molecule has 4 aromatic rings. The number of likely N-dealkylation sites (tertiary alicyclic amines) is 1. The molecule has 1 aromatic heterocycles. The van der Waals surface area contributed by atoms with Gasteiger partial charge in [-0.2, -0.15) is 0 Å². The van der Waals surface area contributed by atoms with Crippen LogP contribution in [0.25, 0.3) is 0 Å². The highest BCUT2D eigenvalue weighted by molar-refractivity contribution is 7.12. The largest absolute Gasteiger partial charge is 0.496 e. The lowest BCUT2D eigenvalue weighted by atomic mass is 9.77. The van der Waals surface area contributed by atoms with Gasteiger partial charge in [-0.05, 0) is 46.2 Å². The van der Waals surface area contributed by atoms with Crippen LogP contribution < -0.4 is 10.1 Å². The van der Waals surface area contributed by atoms with E-state index in [-0.39, 0.29) is 36.0 Å². The number of carbonyl (C=O) groups is 3. The summed E-state index contributed by atoms with van der Waals surface area (Å²) in [7, 11) is 1.59. The number of nitrogens with zero attached hydrogens (tertiary/aromatic N) is 1. The fourth-order valence-electron chi connectivity index (χ4n) is 6.17. The van der Waals surface area contributed by atoms with E-state index in [0.29, 0.717) is 15.6 Å². The van der Waals surface area contributed by atoms with Crippen LogP contribution in [-0.4, -0.2) is 35.6 Å². The zero-order valence-electron chi connectivity index (χ0n) is 25.3. The minimum Gasteiger partial charge on any atom is -0.496 e. The highest BCUT2D eigenvalue weighted by Gasteiger charge is 2.57. The molecule has 1 fully saturated rings. The summed E-state index contributed by atoms with van der Waals surface area (Å²) in [5, 5.41) is 5.51. The second-order valence-electron chi connectivity index (χ2n) is 12.3. The van der Waals surface area contributed by atoms with Gasteiger partial charge in [-0.15, -0.1) is 11.3 Å². The molecular formula is C36H37ClN2O4S. The van der Waals surface area contributed by atoms with Gasteiger partial charge in [0.25, 0.3) is 0 Å². The van der Waals surface area contributed by atoms with Gasteiger partial charge in [-0.1, -0.05) is 99.1 Å². The monoisotopic (exact) mass is 628 g/mol. The summed E-state index contributed by atoms with van der Waals surface area (Å²) in [4.78, 5) is 45.7. The molecule has 1 N–H and O–H groups in total. The molecule has 2 amide bonds. The Labute approximate surface area is 268 Å². The Bertz CT molecular complexity index is 1600. The van der Waals surface area contributed by atoms with E-state index in [9.17, 15) is 14.4 Å². The van der Waals surface area contributed by atoms with E-state index in [2.05, 4.69) is 5.32 Å². The first kappa shape index (κ1) is 31.5. The molecule has 6 nitrogen and oxygen atoms in total. The minimum absolute atomic E-state index is 0.0950. The Hall–Kier alpha value is -3.94. The Morgan fingerprint density at radius 2 is 1.57 bits per heavy atom. The van der Waals surface area contributed by atoms with Crippen LogP contribution in [-0.2, 0) is 16.1 Å². The summed E-state index contributed by atoms with van der Waals surface area (Å²) in [5.41, 5.74) is 2.04. The average molecular weight is 629 g/mol. The van der Waals surface area contributed by atoms with Gasteiger partial charge in [0, 0.05) is 29.5 Å². The number of halogens is 1. The molecule has 5 rings (SSSR count). The maximum atomic E-state index is 14.5. The number of carbonyl (C=O) groups excluding carboxylic acids is 3. The standard InChI is InChI=1S/C36H37ClN2O4S/c1-36(2,3)21-29(40)39-32(24-11-6-5-7-12-24)31(34(41)28-15-10-20-44-28)30(23-16-18-26(37)19-17-23)33(39)35(42)38-22-25-13-8-9-14-27(25)43-4/h5-20,30-33H,21-22H2,1-4H3,(H,38,42). The molecule has 0 aliphatic carbocycles. The van der Waals surface area contributed by atoms with Crippen LogP contribution in [0.2, 0.25) is 5.02 Å². The normalized spacial score (nSPS) is 19.9. The molecule has 2 heterocycles. The molecule has 1 saturated heterocycles.